The molecule has 0 atom stereocenters. The van der Waals surface area contributed by atoms with Crippen LogP contribution in [-0.2, 0) is 24.5 Å². The molecule has 2 amide bonds. The fraction of sp³-hybridized carbons (Fsp3) is 0.167. The van der Waals surface area contributed by atoms with Gasteiger partial charge in [-0.2, -0.15) is 0 Å². The van der Waals surface area contributed by atoms with Crippen LogP contribution in [-0.4, -0.2) is 33.2 Å². The number of hydrogen-bond acceptors (Lipinski definition) is 6. The van der Waals surface area contributed by atoms with Gasteiger partial charge in [-0.15, -0.1) is 0 Å². The normalized spacial score (nSPS) is 11.8. The van der Waals surface area contributed by atoms with Gasteiger partial charge in [0, 0.05) is 5.56 Å². The number of carbonyl (C=O) groups excluding carboxylic acids is 2. The van der Waals surface area contributed by atoms with Crippen LogP contribution in [0, 0.1) is 13.8 Å². The van der Waals surface area contributed by atoms with E-state index in [9.17, 15) is 26.4 Å². The highest BCUT2D eigenvalue weighted by Crippen LogP contribution is 2.31. The zero-order chi connectivity index (χ0) is 24.2. The summed E-state index contributed by atoms with van der Waals surface area (Å²) >= 11 is 0. The van der Waals surface area contributed by atoms with E-state index in [-0.39, 0.29) is 15.4 Å². The third-order valence-corrected chi connectivity index (χ3v) is 10.5. The summed E-state index contributed by atoms with van der Waals surface area (Å²) in [7, 11) is -9.02. The first-order valence-corrected chi connectivity index (χ1v) is 13.1. The highest BCUT2D eigenvalue weighted by molar-refractivity contribution is 8.09. The van der Waals surface area contributed by atoms with Crippen LogP contribution < -0.4 is 5.32 Å². The van der Waals surface area contributed by atoms with E-state index in [0.29, 0.717) is 11.1 Å². The van der Waals surface area contributed by atoms with Crippen LogP contribution in [0.3, 0.4) is 0 Å². The Kier molecular flexibility index (Phi) is 7.14. The van der Waals surface area contributed by atoms with Crippen LogP contribution in [0.1, 0.15) is 27.9 Å². The van der Waals surface area contributed by atoms with Crippen molar-refractivity contribution in [1.82, 2.24) is 5.32 Å². The topological polar surface area (TPSA) is 114 Å². The van der Waals surface area contributed by atoms with Gasteiger partial charge in [-0.1, -0.05) is 54.6 Å². The number of rotatable bonds is 7. The summed E-state index contributed by atoms with van der Waals surface area (Å²) < 4.78 is 52.0. The van der Waals surface area contributed by atoms with E-state index in [4.69, 9.17) is 0 Å². The lowest BCUT2D eigenvalue weighted by Crippen LogP contribution is -2.39. The fourth-order valence-corrected chi connectivity index (χ4v) is 8.25. The molecule has 33 heavy (non-hydrogen) atoms. The number of imide groups is 1. The van der Waals surface area contributed by atoms with Crippen molar-refractivity contribution < 1.29 is 26.4 Å². The van der Waals surface area contributed by atoms with Gasteiger partial charge < -0.3 is 0 Å². The molecule has 3 aromatic rings. The Morgan fingerprint density at radius 3 is 1.58 bits per heavy atom. The first-order chi connectivity index (χ1) is 15.5. The van der Waals surface area contributed by atoms with E-state index in [1.807, 2.05) is 0 Å². The molecule has 1 N–H and O–H groups in total. The second kappa shape index (κ2) is 9.68. The number of hydrogen-bond donors (Lipinski definition) is 1. The van der Waals surface area contributed by atoms with Gasteiger partial charge in [0.2, 0.25) is 5.91 Å². The SMILES string of the molecule is Cc1ccccc1S(=O)(=O)C(CC(=O)NC(=O)c1ccccc1)S(=O)(=O)c1ccccc1C. The quantitative estimate of drug-likeness (QED) is 0.550. The summed E-state index contributed by atoms with van der Waals surface area (Å²) in [6.45, 7) is 3.09. The van der Waals surface area contributed by atoms with E-state index < -0.39 is 42.5 Å². The van der Waals surface area contributed by atoms with Crippen molar-refractivity contribution >= 4 is 31.5 Å². The van der Waals surface area contributed by atoms with Gasteiger partial charge >= 0.3 is 0 Å². The predicted octanol–water partition coefficient (Wildman–Crippen LogP) is 3.22. The van der Waals surface area contributed by atoms with Crippen molar-refractivity contribution in [1.29, 1.82) is 0 Å². The zero-order valence-electron chi connectivity index (χ0n) is 18.1. The van der Waals surface area contributed by atoms with Crippen LogP contribution in [0.5, 0.6) is 0 Å². The van der Waals surface area contributed by atoms with Gasteiger partial charge in [-0.25, -0.2) is 16.8 Å². The van der Waals surface area contributed by atoms with Gasteiger partial charge in [0.1, 0.15) is 0 Å². The van der Waals surface area contributed by atoms with Crippen LogP contribution >= 0.6 is 0 Å². The Hall–Kier alpha value is -3.30. The molecule has 0 heterocycles. The van der Waals surface area contributed by atoms with E-state index >= 15 is 0 Å². The van der Waals surface area contributed by atoms with Crippen molar-refractivity contribution in [2.24, 2.45) is 0 Å². The van der Waals surface area contributed by atoms with Gasteiger partial charge in [-0.3, -0.25) is 14.9 Å². The Bertz CT molecular complexity index is 1320. The monoisotopic (exact) mass is 485 g/mol. The smallest absolute Gasteiger partial charge is 0.257 e. The standard InChI is InChI=1S/C24H23NO6S2/c1-17-10-6-8-14-20(17)32(28,29)23(33(30,31)21-15-9-7-11-18(21)2)16-22(26)25-24(27)19-12-4-3-5-13-19/h3-15,23H,16H2,1-2H3,(H,25,26,27). The third-order valence-electron chi connectivity index (χ3n) is 5.13. The highest BCUT2D eigenvalue weighted by atomic mass is 32.3. The molecule has 0 fully saturated rings. The van der Waals surface area contributed by atoms with Crippen molar-refractivity contribution in [3.63, 3.8) is 0 Å². The molecule has 0 saturated heterocycles. The number of nitrogens with one attached hydrogen (secondary N) is 1. The molecule has 0 aliphatic rings. The van der Waals surface area contributed by atoms with Crippen molar-refractivity contribution in [3.05, 3.63) is 95.6 Å². The average molecular weight is 486 g/mol. The lowest BCUT2D eigenvalue weighted by molar-refractivity contribution is -0.119. The number of amides is 2. The van der Waals surface area contributed by atoms with Crippen LogP contribution in [0.4, 0.5) is 0 Å². The molecule has 7 nitrogen and oxygen atoms in total. The number of aryl methyl sites for hydroxylation is 2. The number of carbonyl (C=O) groups is 2. The maximum Gasteiger partial charge on any atom is 0.257 e. The molecule has 172 valence electrons. The fourth-order valence-electron chi connectivity index (χ4n) is 3.41. The molecule has 0 radical (unpaired) electrons. The molecule has 0 spiro atoms. The summed E-state index contributed by atoms with van der Waals surface area (Å²) in [5.74, 6) is -1.76. The van der Waals surface area contributed by atoms with Crippen LogP contribution in [0.2, 0.25) is 0 Å². The molecular weight excluding hydrogens is 462 g/mol. The van der Waals surface area contributed by atoms with Gasteiger partial charge in [-0.05, 0) is 49.2 Å². The van der Waals surface area contributed by atoms with Crippen molar-refractivity contribution in [2.75, 3.05) is 0 Å². The number of benzene rings is 3. The minimum absolute atomic E-state index is 0.186. The molecule has 3 rings (SSSR count). The maximum atomic E-state index is 13.5. The van der Waals surface area contributed by atoms with Gasteiger partial charge in [0.05, 0.1) is 16.2 Å². The molecule has 9 heteroatoms. The molecule has 0 saturated carbocycles. The van der Waals surface area contributed by atoms with E-state index in [1.54, 1.807) is 56.3 Å². The summed E-state index contributed by atoms with van der Waals surface area (Å²) in [6.07, 6.45) is -0.939. The Morgan fingerprint density at radius 2 is 1.12 bits per heavy atom. The van der Waals surface area contributed by atoms with E-state index in [2.05, 4.69) is 5.32 Å². The molecular formula is C24H23NO6S2. The summed E-state index contributed by atoms with van der Waals surface area (Å²) in [6, 6.07) is 19.8. The number of sulfone groups is 2. The Morgan fingerprint density at radius 1 is 0.697 bits per heavy atom. The molecule has 0 bridgehead atoms. The average Bonchev–Trinajstić information content (AvgIpc) is 2.78. The van der Waals surface area contributed by atoms with Gasteiger partial charge in [0.15, 0.2) is 24.3 Å². The van der Waals surface area contributed by atoms with Gasteiger partial charge in [0.25, 0.3) is 5.91 Å². The third kappa shape index (κ3) is 5.20. The molecule has 0 unspecified atom stereocenters. The zero-order valence-corrected chi connectivity index (χ0v) is 19.7. The largest absolute Gasteiger partial charge is 0.292 e. The predicted molar refractivity (Wildman–Crippen MR) is 124 cm³/mol. The van der Waals surface area contributed by atoms with Crippen molar-refractivity contribution in [3.8, 4) is 0 Å². The lowest BCUT2D eigenvalue weighted by Gasteiger charge is -2.20. The minimum atomic E-state index is -4.51. The first kappa shape index (κ1) is 24.3. The van der Waals surface area contributed by atoms with E-state index in [0.717, 1.165) is 0 Å². The second-order valence-electron chi connectivity index (χ2n) is 7.50. The van der Waals surface area contributed by atoms with E-state index in [1.165, 1.54) is 36.4 Å². The minimum Gasteiger partial charge on any atom is -0.292 e. The van der Waals surface area contributed by atoms with Crippen molar-refractivity contribution in [2.45, 2.75) is 34.6 Å². The molecule has 0 aliphatic heterocycles. The Balaban J connectivity index is 2.04. The summed E-state index contributed by atoms with van der Waals surface area (Å²) in [5.41, 5.74) is 0.887. The Labute approximate surface area is 193 Å². The first-order valence-electron chi connectivity index (χ1n) is 10.0. The van der Waals surface area contributed by atoms with Crippen LogP contribution in [0.15, 0.2) is 88.7 Å². The maximum absolute atomic E-state index is 13.5. The lowest BCUT2D eigenvalue weighted by atomic mass is 10.2. The summed E-state index contributed by atoms with van der Waals surface area (Å²) in [4.78, 5) is 24.7. The molecule has 3 aromatic carbocycles. The highest BCUT2D eigenvalue weighted by Gasteiger charge is 2.42. The summed E-state index contributed by atoms with van der Waals surface area (Å²) in [5, 5.41) is 2.10. The van der Waals surface area contributed by atoms with Crippen LogP contribution in [0.25, 0.3) is 0 Å². The molecule has 0 aromatic heterocycles. The second-order valence-corrected chi connectivity index (χ2v) is 12.0. The molecule has 0 aliphatic carbocycles.